The van der Waals surface area contributed by atoms with E-state index in [4.69, 9.17) is 9.47 Å². The van der Waals surface area contributed by atoms with Crippen LogP contribution in [-0.2, 0) is 9.47 Å². The predicted octanol–water partition coefficient (Wildman–Crippen LogP) is 2.33. The van der Waals surface area contributed by atoms with E-state index in [1.54, 1.807) is 0 Å². The van der Waals surface area contributed by atoms with Crippen LogP contribution in [0.1, 0.15) is 39.0 Å². The molecule has 2 heteroatoms. The lowest BCUT2D eigenvalue weighted by molar-refractivity contribution is -0.187. The Hall–Kier alpha value is -0.0800. The number of hydrogen-bond donors (Lipinski definition) is 0. The monoisotopic (exact) mass is 170 g/mol. The maximum absolute atomic E-state index is 5.66. The highest BCUT2D eigenvalue weighted by atomic mass is 16.7. The Labute approximate surface area is 74.2 Å². The molecule has 0 bridgehead atoms. The lowest BCUT2D eigenvalue weighted by Gasteiger charge is -2.34. The van der Waals surface area contributed by atoms with Gasteiger partial charge in [0.05, 0.1) is 13.2 Å². The molecule has 2 aliphatic rings. The van der Waals surface area contributed by atoms with Crippen molar-refractivity contribution in [3.8, 4) is 0 Å². The first-order valence-corrected chi connectivity index (χ1v) is 5.09. The van der Waals surface area contributed by atoms with Crippen LogP contribution < -0.4 is 0 Å². The van der Waals surface area contributed by atoms with Gasteiger partial charge in [-0.1, -0.05) is 19.3 Å². The van der Waals surface area contributed by atoms with Crippen molar-refractivity contribution in [3.05, 3.63) is 0 Å². The average molecular weight is 170 g/mol. The molecule has 1 aliphatic carbocycles. The molecule has 1 heterocycles. The Balaban J connectivity index is 1.96. The molecule has 2 rings (SSSR count). The summed E-state index contributed by atoms with van der Waals surface area (Å²) in [5.41, 5.74) is 0. The van der Waals surface area contributed by atoms with Crippen LogP contribution in [0.25, 0.3) is 0 Å². The second kappa shape index (κ2) is 3.35. The summed E-state index contributed by atoms with van der Waals surface area (Å²) in [4.78, 5) is 0. The highest BCUT2D eigenvalue weighted by Gasteiger charge is 2.39. The summed E-state index contributed by atoms with van der Waals surface area (Å²) in [7, 11) is 0. The average Bonchev–Trinajstić information content (AvgIpc) is 2.55. The van der Waals surface area contributed by atoms with Gasteiger partial charge in [0.1, 0.15) is 0 Å². The molecule has 0 radical (unpaired) electrons. The maximum Gasteiger partial charge on any atom is 0.168 e. The van der Waals surface area contributed by atoms with Crippen molar-refractivity contribution in [2.24, 2.45) is 5.92 Å². The Morgan fingerprint density at radius 2 is 1.58 bits per heavy atom. The first-order valence-electron chi connectivity index (χ1n) is 5.09. The molecule has 0 atom stereocenters. The summed E-state index contributed by atoms with van der Waals surface area (Å²) in [6.07, 6.45) is 6.68. The first kappa shape index (κ1) is 8.52. The molecule has 2 nitrogen and oxygen atoms in total. The second-order valence-electron chi connectivity index (χ2n) is 4.05. The van der Waals surface area contributed by atoms with E-state index in [0.717, 1.165) is 13.2 Å². The van der Waals surface area contributed by atoms with Crippen LogP contribution in [0.15, 0.2) is 0 Å². The number of ether oxygens (including phenoxy) is 2. The van der Waals surface area contributed by atoms with Crippen molar-refractivity contribution in [2.45, 2.75) is 44.8 Å². The SMILES string of the molecule is CC1(C2CCCCC2)OCCO1. The van der Waals surface area contributed by atoms with Crippen LogP contribution >= 0.6 is 0 Å². The van der Waals surface area contributed by atoms with Gasteiger partial charge in [-0.3, -0.25) is 0 Å². The Kier molecular flexibility index (Phi) is 2.37. The van der Waals surface area contributed by atoms with E-state index in [1.807, 2.05) is 0 Å². The summed E-state index contributed by atoms with van der Waals surface area (Å²) in [6.45, 7) is 3.68. The lowest BCUT2D eigenvalue weighted by atomic mass is 9.84. The third-order valence-corrected chi connectivity index (χ3v) is 3.21. The van der Waals surface area contributed by atoms with E-state index in [0.29, 0.717) is 5.92 Å². The van der Waals surface area contributed by atoms with Crippen LogP contribution in [-0.4, -0.2) is 19.0 Å². The molecule has 0 spiro atoms. The molecule has 12 heavy (non-hydrogen) atoms. The van der Waals surface area contributed by atoms with E-state index < -0.39 is 0 Å². The quantitative estimate of drug-likeness (QED) is 0.601. The zero-order valence-corrected chi connectivity index (χ0v) is 7.84. The summed E-state index contributed by atoms with van der Waals surface area (Å²) >= 11 is 0. The summed E-state index contributed by atoms with van der Waals surface area (Å²) in [5, 5.41) is 0. The van der Waals surface area contributed by atoms with E-state index in [2.05, 4.69) is 6.92 Å². The highest BCUT2D eigenvalue weighted by Crippen LogP contribution is 2.37. The fourth-order valence-electron chi connectivity index (χ4n) is 2.39. The van der Waals surface area contributed by atoms with E-state index in [-0.39, 0.29) is 5.79 Å². The normalized spacial score (nSPS) is 30.8. The third kappa shape index (κ3) is 1.50. The molecule has 0 amide bonds. The van der Waals surface area contributed by atoms with Crippen molar-refractivity contribution in [1.29, 1.82) is 0 Å². The van der Waals surface area contributed by atoms with Crippen LogP contribution in [0.3, 0.4) is 0 Å². The third-order valence-electron chi connectivity index (χ3n) is 3.21. The Morgan fingerprint density at radius 1 is 1.00 bits per heavy atom. The van der Waals surface area contributed by atoms with Gasteiger partial charge in [-0.2, -0.15) is 0 Å². The van der Waals surface area contributed by atoms with E-state index in [9.17, 15) is 0 Å². The molecule has 0 unspecified atom stereocenters. The molecule has 2 fully saturated rings. The minimum atomic E-state index is -0.236. The predicted molar refractivity (Wildman–Crippen MR) is 46.9 cm³/mol. The minimum absolute atomic E-state index is 0.236. The van der Waals surface area contributed by atoms with Gasteiger partial charge in [0, 0.05) is 5.92 Å². The standard InChI is InChI=1S/C10H18O2/c1-10(11-7-8-12-10)9-5-3-2-4-6-9/h9H,2-8H2,1H3. The van der Waals surface area contributed by atoms with Crippen LogP contribution in [0, 0.1) is 5.92 Å². The van der Waals surface area contributed by atoms with Gasteiger partial charge in [-0.15, -0.1) is 0 Å². The lowest BCUT2D eigenvalue weighted by Crippen LogP contribution is -2.36. The largest absolute Gasteiger partial charge is 0.348 e. The molecule has 0 aromatic rings. The molecule has 1 saturated carbocycles. The molecule has 1 saturated heterocycles. The minimum Gasteiger partial charge on any atom is -0.348 e. The molecule has 1 aliphatic heterocycles. The summed E-state index contributed by atoms with van der Waals surface area (Å²) < 4.78 is 11.3. The topological polar surface area (TPSA) is 18.5 Å². The fraction of sp³-hybridized carbons (Fsp3) is 1.00. The van der Waals surface area contributed by atoms with Crippen molar-refractivity contribution < 1.29 is 9.47 Å². The molecule has 0 aromatic heterocycles. The molecule has 70 valence electrons. The van der Waals surface area contributed by atoms with Gasteiger partial charge < -0.3 is 9.47 Å². The zero-order valence-electron chi connectivity index (χ0n) is 7.84. The maximum atomic E-state index is 5.66. The van der Waals surface area contributed by atoms with Gasteiger partial charge >= 0.3 is 0 Å². The van der Waals surface area contributed by atoms with E-state index >= 15 is 0 Å². The first-order chi connectivity index (χ1) is 5.81. The number of rotatable bonds is 1. The fourth-order valence-corrected chi connectivity index (χ4v) is 2.39. The second-order valence-corrected chi connectivity index (χ2v) is 4.05. The van der Waals surface area contributed by atoms with Crippen molar-refractivity contribution >= 4 is 0 Å². The van der Waals surface area contributed by atoms with Gasteiger partial charge in [0.15, 0.2) is 5.79 Å². The van der Waals surface area contributed by atoms with Crippen molar-refractivity contribution in [1.82, 2.24) is 0 Å². The number of hydrogen-bond acceptors (Lipinski definition) is 2. The van der Waals surface area contributed by atoms with E-state index in [1.165, 1.54) is 32.1 Å². The smallest absolute Gasteiger partial charge is 0.168 e. The Morgan fingerprint density at radius 3 is 2.17 bits per heavy atom. The molecular weight excluding hydrogens is 152 g/mol. The summed E-state index contributed by atoms with van der Waals surface area (Å²) in [6, 6.07) is 0. The van der Waals surface area contributed by atoms with Crippen LogP contribution in [0.2, 0.25) is 0 Å². The summed E-state index contributed by atoms with van der Waals surface area (Å²) in [5.74, 6) is 0.411. The van der Waals surface area contributed by atoms with Crippen molar-refractivity contribution in [2.75, 3.05) is 13.2 Å². The van der Waals surface area contributed by atoms with Crippen molar-refractivity contribution in [3.63, 3.8) is 0 Å². The molecular formula is C10H18O2. The van der Waals surface area contributed by atoms with Gasteiger partial charge in [-0.05, 0) is 19.8 Å². The van der Waals surface area contributed by atoms with Crippen LogP contribution in [0.4, 0.5) is 0 Å². The zero-order chi connectivity index (χ0) is 8.44. The molecule has 0 aromatic carbocycles. The van der Waals surface area contributed by atoms with Gasteiger partial charge in [-0.25, -0.2) is 0 Å². The van der Waals surface area contributed by atoms with Gasteiger partial charge in [0.2, 0.25) is 0 Å². The van der Waals surface area contributed by atoms with Gasteiger partial charge in [0.25, 0.3) is 0 Å². The highest BCUT2D eigenvalue weighted by molar-refractivity contribution is 4.80. The molecule has 0 N–H and O–H groups in total. The van der Waals surface area contributed by atoms with Crippen LogP contribution in [0.5, 0.6) is 0 Å². The Bertz CT molecular complexity index is 144.